The molecule has 1 aromatic rings. The van der Waals surface area contributed by atoms with E-state index in [0.717, 1.165) is 6.54 Å². The second kappa shape index (κ2) is 5.68. The van der Waals surface area contributed by atoms with Crippen LogP contribution in [0.4, 0.5) is 0 Å². The van der Waals surface area contributed by atoms with Gasteiger partial charge in [0.05, 0.1) is 0 Å². The third kappa shape index (κ3) is 4.91. The maximum Gasteiger partial charge on any atom is 0.00966 e. The third-order valence-corrected chi connectivity index (χ3v) is 3.41. The molecule has 0 radical (unpaired) electrons. The minimum Gasteiger partial charge on any atom is -0.312 e. The zero-order valence-corrected chi connectivity index (χ0v) is 12.2. The number of aryl methyl sites for hydroxylation is 1. The van der Waals surface area contributed by atoms with E-state index in [1.54, 1.807) is 0 Å². The van der Waals surface area contributed by atoms with Crippen LogP contribution in [-0.2, 0) is 0 Å². The molecule has 0 aliphatic carbocycles. The highest BCUT2D eigenvalue weighted by Gasteiger charge is 2.17. The van der Waals surface area contributed by atoms with E-state index < -0.39 is 0 Å². The van der Waals surface area contributed by atoms with E-state index in [-0.39, 0.29) is 5.54 Å². The summed E-state index contributed by atoms with van der Waals surface area (Å²) in [5, 5.41) is 3.58. The fourth-order valence-corrected chi connectivity index (χ4v) is 1.84. The SMILES string of the molecule is Cc1ccc(C(C)C(C)CNC(C)(C)C)cc1. The van der Waals surface area contributed by atoms with Crippen molar-refractivity contribution in [3.63, 3.8) is 0 Å². The Balaban J connectivity index is 2.57. The van der Waals surface area contributed by atoms with E-state index in [1.807, 2.05) is 0 Å². The Morgan fingerprint density at radius 2 is 1.59 bits per heavy atom. The first-order chi connectivity index (χ1) is 7.79. The van der Waals surface area contributed by atoms with E-state index in [2.05, 4.69) is 71.1 Å². The van der Waals surface area contributed by atoms with Gasteiger partial charge in [-0.15, -0.1) is 0 Å². The van der Waals surface area contributed by atoms with Crippen molar-refractivity contribution in [1.29, 1.82) is 0 Å². The van der Waals surface area contributed by atoms with E-state index in [9.17, 15) is 0 Å². The summed E-state index contributed by atoms with van der Waals surface area (Å²) < 4.78 is 0. The number of benzene rings is 1. The molecule has 0 aliphatic heterocycles. The van der Waals surface area contributed by atoms with E-state index in [1.165, 1.54) is 11.1 Å². The van der Waals surface area contributed by atoms with Crippen LogP contribution in [0, 0.1) is 12.8 Å². The van der Waals surface area contributed by atoms with Gasteiger partial charge >= 0.3 is 0 Å². The van der Waals surface area contributed by atoms with Crippen molar-refractivity contribution in [1.82, 2.24) is 5.32 Å². The van der Waals surface area contributed by atoms with Crippen molar-refractivity contribution in [3.8, 4) is 0 Å². The predicted molar refractivity (Wildman–Crippen MR) is 76.5 cm³/mol. The molecule has 1 aromatic carbocycles. The zero-order chi connectivity index (χ0) is 13.1. The van der Waals surface area contributed by atoms with Crippen LogP contribution >= 0.6 is 0 Å². The Bertz CT molecular complexity index is 332. The molecular weight excluding hydrogens is 206 g/mol. The first-order valence-electron chi connectivity index (χ1n) is 6.61. The molecule has 0 saturated heterocycles. The molecule has 0 spiro atoms. The quantitative estimate of drug-likeness (QED) is 0.825. The van der Waals surface area contributed by atoms with Crippen molar-refractivity contribution in [2.24, 2.45) is 5.92 Å². The minimum absolute atomic E-state index is 0.210. The van der Waals surface area contributed by atoms with Crippen molar-refractivity contribution in [2.45, 2.75) is 53.0 Å². The van der Waals surface area contributed by atoms with Crippen molar-refractivity contribution in [3.05, 3.63) is 35.4 Å². The molecule has 17 heavy (non-hydrogen) atoms. The van der Waals surface area contributed by atoms with Gasteiger partial charge < -0.3 is 5.32 Å². The lowest BCUT2D eigenvalue weighted by atomic mass is 9.88. The molecule has 0 fully saturated rings. The number of nitrogens with one attached hydrogen (secondary N) is 1. The first-order valence-corrected chi connectivity index (χ1v) is 6.61. The van der Waals surface area contributed by atoms with Crippen LogP contribution in [0.15, 0.2) is 24.3 Å². The van der Waals surface area contributed by atoms with Crippen LogP contribution in [0.2, 0.25) is 0 Å². The van der Waals surface area contributed by atoms with Crippen LogP contribution < -0.4 is 5.32 Å². The Morgan fingerprint density at radius 1 is 1.06 bits per heavy atom. The minimum atomic E-state index is 0.210. The second-order valence-electron chi connectivity index (χ2n) is 6.31. The summed E-state index contributed by atoms with van der Waals surface area (Å²) in [4.78, 5) is 0. The van der Waals surface area contributed by atoms with Crippen LogP contribution in [0.3, 0.4) is 0 Å². The Hall–Kier alpha value is -0.820. The molecule has 0 bridgehead atoms. The summed E-state index contributed by atoms with van der Waals surface area (Å²) >= 11 is 0. The standard InChI is InChI=1S/C16H27N/c1-12-7-9-15(10-8-12)14(3)13(2)11-17-16(4,5)6/h7-10,13-14,17H,11H2,1-6H3. The molecule has 96 valence electrons. The van der Waals surface area contributed by atoms with Crippen molar-refractivity contribution < 1.29 is 0 Å². The highest BCUT2D eigenvalue weighted by molar-refractivity contribution is 5.24. The van der Waals surface area contributed by atoms with Crippen LogP contribution in [0.1, 0.15) is 51.7 Å². The molecule has 0 amide bonds. The normalized spacial score (nSPS) is 15.6. The summed E-state index contributed by atoms with van der Waals surface area (Å²) in [5.74, 6) is 1.25. The summed E-state index contributed by atoms with van der Waals surface area (Å²) in [6.45, 7) is 14.5. The van der Waals surface area contributed by atoms with Gasteiger partial charge in [-0.25, -0.2) is 0 Å². The van der Waals surface area contributed by atoms with Gasteiger partial charge in [0.15, 0.2) is 0 Å². The lowest BCUT2D eigenvalue weighted by Gasteiger charge is -2.27. The molecular formula is C16H27N. The number of hydrogen-bond donors (Lipinski definition) is 1. The fourth-order valence-electron chi connectivity index (χ4n) is 1.84. The maximum absolute atomic E-state index is 3.58. The van der Waals surface area contributed by atoms with Gasteiger partial charge in [-0.3, -0.25) is 0 Å². The molecule has 0 saturated carbocycles. The van der Waals surface area contributed by atoms with Crippen LogP contribution in [-0.4, -0.2) is 12.1 Å². The molecule has 0 aromatic heterocycles. The average molecular weight is 233 g/mol. The van der Waals surface area contributed by atoms with Gasteiger partial charge in [-0.1, -0.05) is 43.7 Å². The van der Waals surface area contributed by atoms with Gasteiger partial charge in [0.2, 0.25) is 0 Å². The van der Waals surface area contributed by atoms with Gasteiger partial charge in [-0.2, -0.15) is 0 Å². The summed E-state index contributed by atoms with van der Waals surface area (Å²) in [6.07, 6.45) is 0. The first kappa shape index (κ1) is 14.2. The number of hydrogen-bond acceptors (Lipinski definition) is 1. The summed E-state index contributed by atoms with van der Waals surface area (Å²) in [6, 6.07) is 8.92. The average Bonchev–Trinajstić information content (AvgIpc) is 2.25. The molecule has 1 N–H and O–H groups in total. The molecule has 0 heterocycles. The maximum atomic E-state index is 3.58. The Kier molecular flexibility index (Phi) is 4.76. The lowest BCUT2D eigenvalue weighted by Crippen LogP contribution is -2.39. The van der Waals surface area contributed by atoms with Gasteiger partial charge in [0.1, 0.15) is 0 Å². The molecule has 0 aliphatic rings. The van der Waals surface area contributed by atoms with Crippen LogP contribution in [0.25, 0.3) is 0 Å². The largest absolute Gasteiger partial charge is 0.312 e. The van der Waals surface area contributed by atoms with Crippen molar-refractivity contribution >= 4 is 0 Å². The second-order valence-corrected chi connectivity index (χ2v) is 6.31. The highest BCUT2D eigenvalue weighted by atomic mass is 14.9. The third-order valence-electron chi connectivity index (χ3n) is 3.41. The predicted octanol–water partition coefficient (Wildman–Crippen LogP) is 4.12. The molecule has 2 atom stereocenters. The molecule has 1 nitrogen and oxygen atoms in total. The summed E-state index contributed by atoms with van der Waals surface area (Å²) in [7, 11) is 0. The highest BCUT2D eigenvalue weighted by Crippen LogP contribution is 2.24. The van der Waals surface area contributed by atoms with Gasteiger partial charge in [-0.05, 0) is 51.6 Å². The topological polar surface area (TPSA) is 12.0 Å². The van der Waals surface area contributed by atoms with Gasteiger partial charge in [0.25, 0.3) is 0 Å². The monoisotopic (exact) mass is 233 g/mol. The Morgan fingerprint density at radius 3 is 2.06 bits per heavy atom. The fraction of sp³-hybridized carbons (Fsp3) is 0.625. The molecule has 2 unspecified atom stereocenters. The lowest BCUT2D eigenvalue weighted by molar-refractivity contribution is 0.359. The van der Waals surface area contributed by atoms with Gasteiger partial charge in [0, 0.05) is 5.54 Å². The molecule has 1 rings (SSSR count). The molecule has 1 heteroatoms. The number of rotatable bonds is 4. The van der Waals surface area contributed by atoms with Crippen LogP contribution in [0.5, 0.6) is 0 Å². The van der Waals surface area contributed by atoms with E-state index in [4.69, 9.17) is 0 Å². The van der Waals surface area contributed by atoms with E-state index >= 15 is 0 Å². The van der Waals surface area contributed by atoms with E-state index in [0.29, 0.717) is 11.8 Å². The Labute approximate surface area is 107 Å². The zero-order valence-electron chi connectivity index (χ0n) is 12.2. The summed E-state index contributed by atoms with van der Waals surface area (Å²) in [5.41, 5.74) is 2.99. The smallest absolute Gasteiger partial charge is 0.00966 e. The van der Waals surface area contributed by atoms with Crippen molar-refractivity contribution in [2.75, 3.05) is 6.54 Å².